The van der Waals surface area contributed by atoms with Gasteiger partial charge in [0.05, 0.1) is 23.1 Å². The molecule has 1 aromatic heterocycles. The average Bonchev–Trinajstić information content (AvgIpc) is 3.46. The maximum absolute atomic E-state index is 12.8. The van der Waals surface area contributed by atoms with Crippen molar-refractivity contribution in [2.75, 3.05) is 19.7 Å². The number of amides is 1. The summed E-state index contributed by atoms with van der Waals surface area (Å²) in [5, 5.41) is 3.02. The van der Waals surface area contributed by atoms with Gasteiger partial charge in [-0.05, 0) is 31.0 Å². The molecule has 2 aromatic carbocycles. The maximum Gasteiger partial charge on any atom is 0.419 e. The van der Waals surface area contributed by atoms with Crippen molar-refractivity contribution in [1.82, 2.24) is 14.2 Å². The summed E-state index contributed by atoms with van der Waals surface area (Å²) in [4.78, 5) is 25.1. The van der Waals surface area contributed by atoms with Crippen molar-refractivity contribution in [1.29, 1.82) is 0 Å². The first kappa shape index (κ1) is 21.7. The third kappa shape index (κ3) is 4.16. The molecule has 2 aliphatic heterocycles. The van der Waals surface area contributed by atoms with Crippen LogP contribution in [-0.4, -0.2) is 42.9 Å². The van der Waals surface area contributed by atoms with Crippen LogP contribution in [0.25, 0.3) is 11.1 Å². The Morgan fingerprint density at radius 2 is 1.91 bits per heavy atom. The highest BCUT2D eigenvalue weighted by Crippen LogP contribution is 2.31. The highest BCUT2D eigenvalue weighted by atomic mass is 32.2. The van der Waals surface area contributed by atoms with E-state index in [1.165, 1.54) is 21.0 Å². The van der Waals surface area contributed by atoms with Crippen molar-refractivity contribution in [3.05, 3.63) is 58.6 Å². The van der Waals surface area contributed by atoms with E-state index in [1.54, 1.807) is 6.07 Å². The maximum atomic E-state index is 12.8. The molecule has 1 amide bonds. The number of aromatic nitrogens is 1. The molecule has 174 valence electrons. The number of carbonyl (C=O) groups is 1. The monoisotopic (exact) mass is 471 g/mol. The molecule has 10 heteroatoms. The second kappa shape index (κ2) is 8.68. The van der Waals surface area contributed by atoms with Crippen molar-refractivity contribution in [2.45, 2.75) is 43.2 Å². The number of nitrogens with zero attached hydrogens (tertiary/aromatic N) is 2. The molecule has 0 unspecified atom stereocenters. The van der Waals surface area contributed by atoms with Crippen molar-refractivity contribution in [3.63, 3.8) is 0 Å². The van der Waals surface area contributed by atoms with Gasteiger partial charge in [0.15, 0.2) is 5.58 Å². The summed E-state index contributed by atoms with van der Waals surface area (Å²) in [6.45, 7) is 1.65. The molecule has 1 saturated heterocycles. The van der Waals surface area contributed by atoms with Crippen LogP contribution in [0.15, 0.2) is 56.6 Å². The lowest BCUT2D eigenvalue weighted by Gasteiger charge is -2.26. The van der Waals surface area contributed by atoms with E-state index in [0.29, 0.717) is 31.6 Å². The number of rotatable bonds is 6. The molecule has 0 saturated carbocycles. The zero-order valence-electron chi connectivity index (χ0n) is 18.0. The third-order valence-electron chi connectivity index (χ3n) is 6.20. The summed E-state index contributed by atoms with van der Waals surface area (Å²) in [5.41, 5.74) is 1.60. The van der Waals surface area contributed by atoms with Gasteiger partial charge in [-0.15, -0.1) is 0 Å². The van der Waals surface area contributed by atoms with Gasteiger partial charge in [-0.3, -0.25) is 9.36 Å². The van der Waals surface area contributed by atoms with Gasteiger partial charge in [-0.25, -0.2) is 13.2 Å². The summed E-state index contributed by atoms with van der Waals surface area (Å²) in [6.07, 6.45) is 2.44. The molecule has 0 bridgehead atoms. The van der Waals surface area contributed by atoms with Crippen LogP contribution in [0.2, 0.25) is 0 Å². The van der Waals surface area contributed by atoms with Crippen LogP contribution >= 0.6 is 0 Å². The molecule has 1 fully saturated rings. The van der Waals surface area contributed by atoms with Gasteiger partial charge in [-0.1, -0.05) is 18.2 Å². The minimum atomic E-state index is -3.61. The molecular formula is C23H25N3O6S. The quantitative estimate of drug-likeness (QED) is 0.591. The molecule has 3 heterocycles. The highest BCUT2D eigenvalue weighted by molar-refractivity contribution is 7.89. The number of hydrogen-bond acceptors (Lipinski definition) is 6. The smallest absolute Gasteiger partial charge is 0.419 e. The molecule has 9 nitrogen and oxygen atoms in total. The van der Waals surface area contributed by atoms with Crippen LogP contribution < -0.4 is 15.8 Å². The second-order valence-corrected chi connectivity index (χ2v) is 10.2. The number of oxazole rings is 1. The van der Waals surface area contributed by atoms with Crippen LogP contribution in [0.3, 0.4) is 0 Å². The molecule has 1 N–H and O–H groups in total. The molecule has 2 aliphatic rings. The van der Waals surface area contributed by atoms with Gasteiger partial charge in [-0.2, -0.15) is 4.31 Å². The number of ether oxygens (including phenoxy) is 1. The van der Waals surface area contributed by atoms with Crippen LogP contribution in [0, 0.1) is 0 Å². The number of benzene rings is 2. The Morgan fingerprint density at radius 3 is 2.73 bits per heavy atom. The third-order valence-corrected chi connectivity index (χ3v) is 8.09. The van der Waals surface area contributed by atoms with E-state index < -0.39 is 15.8 Å². The van der Waals surface area contributed by atoms with E-state index in [9.17, 15) is 18.0 Å². The predicted octanol–water partition coefficient (Wildman–Crippen LogP) is 2.41. The Morgan fingerprint density at radius 1 is 1.12 bits per heavy atom. The normalized spacial score (nSPS) is 18.7. The Kier molecular flexibility index (Phi) is 5.71. The summed E-state index contributed by atoms with van der Waals surface area (Å²) < 4.78 is 39.3. The van der Waals surface area contributed by atoms with Crippen molar-refractivity contribution in [2.24, 2.45) is 0 Å². The van der Waals surface area contributed by atoms with E-state index >= 15 is 0 Å². The van der Waals surface area contributed by atoms with E-state index in [4.69, 9.17) is 9.15 Å². The van der Waals surface area contributed by atoms with Gasteiger partial charge in [0.1, 0.15) is 5.75 Å². The van der Waals surface area contributed by atoms with Crippen LogP contribution in [0.5, 0.6) is 5.75 Å². The zero-order chi connectivity index (χ0) is 23.0. The predicted molar refractivity (Wildman–Crippen MR) is 121 cm³/mol. The van der Waals surface area contributed by atoms with E-state index in [1.807, 2.05) is 24.3 Å². The first-order valence-electron chi connectivity index (χ1n) is 11.1. The minimum absolute atomic E-state index is 0.0852. The van der Waals surface area contributed by atoms with E-state index in [0.717, 1.165) is 24.2 Å². The largest absolute Gasteiger partial charge is 0.493 e. The number of fused-ring (bicyclic) bond motifs is 2. The number of sulfonamides is 1. The zero-order valence-corrected chi connectivity index (χ0v) is 18.8. The van der Waals surface area contributed by atoms with Crippen LogP contribution in [-0.2, 0) is 21.4 Å². The van der Waals surface area contributed by atoms with Crippen LogP contribution in [0.4, 0.5) is 0 Å². The van der Waals surface area contributed by atoms with Gasteiger partial charge >= 0.3 is 5.76 Å². The molecule has 0 radical (unpaired) electrons. The molecule has 3 aromatic rings. The lowest BCUT2D eigenvalue weighted by Crippen LogP contribution is -2.33. The van der Waals surface area contributed by atoms with Crippen molar-refractivity contribution in [3.8, 4) is 5.75 Å². The molecule has 33 heavy (non-hydrogen) atoms. The topological polar surface area (TPSA) is 111 Å². The average molecular weight is 472 g/mol. The fourth-order valence-electron chi connectivity index (χ4n) is 4.47. The van der Waals surface area contributed by atoms with Gasteiger partial charge in [0.25, 0.3) is 0 Å². The van der Waals surface area contributed by atoms with Crippen molar-refractivity contribution < 1.29 is 22.4 Å². The number of aryl methyl sites for hydroxylation is 1. The molecule has 1 atom stereocenters. The number of para-hydroxylation sites is 1. The fourth-order valence-corrected chi connectivity index (χ4v) is 6.00. The first-order valence-corrected chi connectivity index (χ1v) is 12.5. The summed E-state index contributed by atoms with van der Waals surface area (Å²) >= 11 is 0. The Balaban J connectivity index is 1.30. The van der Waals surface area contributed by atoms with Gasteiger partial charge in [0, 0.05) is 44.1 Å². The summed E-state index contributed by atoms with van der Waals surface area (Å²) in [7, 11) is -3.61. The Bertz CT molecular complexity index is 1350. The molecular weight excluding hydrogens is 446 g/mol. The number of nitrogens with one attached hydrogen (secondary N) is 1. The van der Waals surface area contributed by atoms with Crippen molar-refractivity contribution >= 4 is 27.0 Å². The summed E-state index contributed by atoms with van der Waals surface area (Å²) in [6, 6.07) is 11.9. The SMILES string of the molecule is O=C(CCn1c(=O)oc2cc(S(=O)(=O)N3CCCC3)ccc21)N[C@H]1CCOc2ccccc21. The Hall–Kier alpha value is -3.11. The fraction of sp³-hybridized carbons (Fsp3) is 0.391. The van der Waals surface area contributed by atoms with Crippen LogP contribution in [0.1, 0.15) is 37.3 Å². The number of carbonyl (C=O) groups excluding carboxylic acids is 1. The number of hydrogen-bond donors (Lipinski definition) is 1. The molecule has 5 rings (SSSR count). The van der Waals surface area contributed by atoms with E-state index in [2.05, 4.69) is 5.32 Å². The lowest BCUT2D eigenvalue weighted by molar-refractivity contribution is -0.122. The first-order chi connectivity index (χ1) is 15.9. The second-order valence-electron chi connectivity index (χ2n) is 8.31. The lowest BCUT2D eigenvalue weighted by atomic mass is 10.0. The van der Waals surface area contributed by atoms with Gasteiger partial charge in [0.2, 0.25) is 15.9 Å². The Labute approximate surface area is 191 Å². The molecule has 0 spiro atoms. The summed E-state index contributed by atoms with van der Waals surface area (Å²) in [5.74, 6) is -0.0399. The van der Waals surface area contributed by atoms with Gasteiger partial charge < -0.3 is 14.5 Å². The standard InChI is InChI=1S/C23H25N3O6S/c27-22(24-18-10-14-31-20-6-2-1-5-17(18)20)9-13-26-19-8-7-16(15-21(19)32-23(26)28)33(29,30)25-11-3-4-12-25/h1-2,5-8,15,18H,3-4,9-14H2,(H,24,27)/t18-/m0/s1. The molecule has 0 aliphatic carbocycles. The van der Waals surface area contributed by atoms with E-state index in [-0.39, 0.29) is 35.4 Å². The highest BCUT2D eigenvalue weighted by Gasteiger charge is 2.28. The minimum Gasteiger partial charge on any atom is -0.493 e.